The Bertz CT molecular complexity index is 844. The Hall–Kier alpha value is -2.40. The van der Waals surface area contributed by atoms with Gasteiger partial charge in [0.2, 0.25) is 0 Å². The predicted octanol–water partition coefficient (Wildman–Crippen LogP) is 3.50. The predicted molar refractivity (Wildman–Crippen MR) is 84.4 cm³/mol. The van der Waals surface area contributed by atoms with Crippen LogP contribution in [0, 0.1) is 6.92 Å². The van der Waals surface area contributed by atoms with Crippen LogP contribution in [-0.2, 0) is 0 Å². The van der Waals surface area contributed by atoms with Gasteiger partial charge in [-0.3, -0.25) is 4.79 Å². The molecule has 6 heteroatoms. The SMILES string of the molecule is Cc1cc(Cl)ccc1O[C@@H](C)C(=O)n1nnc2ccccc21. The van der Waals surface area contributed by atoms with E-state index in [1.807, 2.05) is 19.1 Å². The molecular weight excluding hydrogens is 302 g/mol. The molecule has 0 unspecified atom stereocenters. The summed E-state index contributed by atoms with van der Waals surface area (Å²) in [5.41, 5.74) is 2.21. The van der Waals surface area contributed by atoms with Crippen molar-refractivity contribution in [2.45, 2.75) is 20.0 Å². The summed E-state index contributed by atoms with van der Waals surface area (Å²) in [6, 6.07) is 12.6. The molecule has 22 heavy (non-hydrogen) atoms. The molecule has 0 fully saturated rings. The maximum Gasteiger partial charge on any atom is 0.289 e. The number of rotatable bonds is 3. The van der Waals surface area contributed by atoms with Gasteiger partial charge >= 0.3 is 0 Å². The first-order valence-corrected chi connectivity index (χ1v) is 7.21. The van der Waals surface area contributed by atoms with E-state index < -0.39 is 6.10 Å². The third-order valence-corrected chi connectivity index (χ3v) is 3.58. The van der Waals surface area contributed by atoms with Crippen LogP contribution in [-0.4, -0.2) is 27.0 Å². The molecule has 0 aliphatic rings. The van der Waals surface area contributed by atoms with Gasteiger partial charge < -0.3 is 4.74 Å². The summed E-state index contributed by atoms with van der Waals surface area (Å²) in [4.78, 5) is 12.5. The number of hydrogen-bond donors (Lipinski definition) is 0. The molecule has 3 aromatic rings. The third kappa shape index (κ3) is 2.67. The fraction of sp³-hybridized carbons (Fsp3) is 0.188. The summed E-state index contributed by atoms with van der Waals surface area (Å²) in [6.45, 7) is 3.57. The number of fused-ring (bicyclic) bond motifs is 1. The largest absolute Gasteiger partial charge is 0.481 e. The minimum Gasteiger partial charge on any atom is -0.481 e. The van der Waals surface area contributed by atoms with Crippen molar-refractivity contribution < 1.29 is 9.53 Å². The highest BCUT2D eigenvalue weighted by Crippen LogP contribution is 2.23. The minimum atomic E-state index is -0.690. The van der Waals surface area contributed by atoms with Gasteiger partial charge in [-0.05, 0) is 49.7 Å². The summed E-state index contributed by atoms with van der Waals surface area (Å²) in [5.74, 6) is 0.345. The molecule has 1 atom stereocenters. The van der Waals surface area contributed by atoms with Crippen LogP contribution in [0.1, 0.15) is 17.3 Å². The van der Waals surface area contributed by atoms with Gasteiger partial charge in [-0.15, -0.1) is 5.10 Å². The van der Waals surface area contributed by atoms with E-state index in [0.717, 1.165) is 5.56 Å². The molecule has 0 bridgehead atoms. The number of carbonyl (C=O) groups excluding carboxylic acids is 1. The van der Waals surface area contributed by atoms with Crippen molar-refractivity contribution in [3.05, 3.63) is 53.1 Å². The standard InChI is InChI=1S/C16H14ClN3O2/c1-10-9-12(17)7-8-15(10)22-11(2)16(21)20-14-6-4-3-5-13(14)18-19-20/h3-9,11H,1-2H3/t11-/m0/s1. The molecule has 1 aromatic heterocycles. The van der Waals surface area contributed by atoms with E-state index in [1.54, 1.807) is 37.3 Å². The Morgan fingerprint density at radius 2 is 2.05 bits per heavy atom. The summed E-state index contributed by atoms with van der Waals surface area (Å²) < 4.78 is 7.01. The first-order valence-electron chi connectivity index (χ1n) is 6.84. The zero-order valence-corrected chi connectivity index (χ0v) is 12.9. The summed E-state index contributed by atoms with van der Waals surface area (Å²) in [5, 5.41) is 8.52. The average molecular weight is 316 g/mol. The van der Waals surface area contributed by atoms with Gasteiger partial charge in [0.25, 0.3) is 5.91 Å². The summed E-state index contributed by atoms with van der Waals surface area (Å²) >= 11 is 5.92. The van der Waals surface area contributed by atoms with Gasteiger partial charge in [0.1, 0.15) is 11.3 Å². The lowest BCUT2D eigenvalue weighted by Gasteiger charge is -2.15. The quantitative estimate of drug-likeness (QED) is 0.742. The number of carbonyl (C=O) groups is 1. The number of aromatic nitrogens is 3. The topological polar surface area (TPSA) is 57.0 Å². The van der Waals surface area contributed by atoms with Gasteiger partial charge in [0.15, 0.2) is 6.10 Å². The highest BCUT2D eigenvalue weighted by molar-refractivity contribution is 6.30. The lowest BCUT2D eigenvalue weighted by molar-refractivity contribution is 0.0713. The molecule has 0 N–H and O–H groups in total. The normalized spacial score (nSPS) is 12.3. The second-order valence-corrected chi connectivity index (χ2v) is 5.43. The van der Waals surface area contributed by atoms with E-state index >= 15 is 0 Å². The fourth-order valence-electron chi connectivity index (χ4n) is 2.19. The summed E-state index contributed by atoms with van der Waals surface area (Å²) in [7, 11) is 0. The van der Waals surface area contributed by atoms with Crippen molar-refractivity contribution in [1.82, 2.24) is 15.0 Å². The van der Waals surface area contributed by atoms with Gasteiger partial charge in [-0.1, -0.05) is 28.9 Å². The lowest BCUT2D eigenvalue weighted by Crippen LogP contribution is -2.30. The number of ether oxygens (including phenoxy) is 1. The van der Waals surface area contributed by atoms with E-state index in [1.165, 1.54) is 4.68 Å². The first-order chi connectivity index (χ1) is 10.6. The van der Waals surface area contributed by atoms with Crippen LogP contribution >= 0.6 is 11.6 Å². The van der Waals surface area contributed by atoms with Crippen molar-refractivity contribution >= 4 is 28.5 Å². The van der Waals surface area contributed by atoms with Gasteiger partial charge in [-0.2, -0.15) is 4.68 Å². The smallest absolute Gasteiger partial charge is 0.289 e. The second-order valence-electron chi connectivity index (χ2n) is 5.00. The van der Waals surface area contributed by atoms with Gasteiger partial charge in [-0.25, -0.2) is 0 Å². The Morgan fingerprint density at radius 3 is 2.82 bits per heavy atom. The van der Waals surface area contributed by atoms with Crippen LogP contribution in [0.25, 0.3) is 11.0 Å². The van der Waals surface area contributed by atoms with Crippen LogP contribution in [0.3, 0.4) is 0 Å². The monoisotopic (exact) mass is 315 g/mol. The van der Waals surface area contributed by atoms with Crippen LogP contribution in [0.2, 0.25) is 5.02 Å². The van der Waals surface area contributed by atoms with Crippen molar-refractivity contribution in [1.29, 1.82) is 0 Å². The third-order valence-electron chi connectivity index (χ3n) is 3.35. The molecule has 0 saturated heterocycles. The average Bonchev–Trinajstić information content (AvgIpc) is 2.93. The molecule has 2 aromatic carbocycles. The van der Waals surface area contributed by atoms with Crippen LogP contribution in [0.5, 0.6) is 5.75 Å². The van der Waals surface area contributed by atoms with E-state index in [0.29, 0.717) is 21.8 Å². The maximum atomic E-state index is 12.5. The Balaban J connectivity index is 1.85. The molecular formula is C16H14ClN3O2. The molecule has 0 amide bonds. The minimum absolute atomic E-state index is 0.275. The summed E-state index contributed by atoms with van der Waals surface area (Å²) in [6.07, 6.45) is -0.690. The van der Waals surface area contributed by atoms with Crippen molar-refractivity contribution in [3.8, 4) is 5.75 Å². The Morgan fingerprint density at radius 1 is 1.27 bits per heavy atom. The van der Waals surface area contributed by atoms with Crippen molar-refractivity contribution in [3.63, 3.8) is 0 Å². The number of hydrogen-bond acceptors (Lipinski definition) is 4. The molecule has 112 valence electrons. The maximum absolute atomic E-state index is 12.5. The molecule has 5 nitrogen and oxygen atoms in total. The molecule has 0 radical (unpaired) electrons. The number of benzene rings is 2. The number of nitrogens with zero attached hydrogens (tertiary/aromatic N) is 3. The second kappa shape index (κ2) is 5.77. The molecule has 3 rings (SSSR count). The lowest BCUT2D eigenvalue weighted by atomic mass is 10.2. The van der Waals surface area contributed by atoms with E-state index in [9.17, 15) is 4.79 Å². The Kier molecular flexibility index (Phi) is 3.81. The zero-order chi connectivity index (χ0) is 15.7. The van der Waals surface area contributed by atoms with E-state index in [-0.39, 0.29) is 5.91 Å². The highest BCUT2D eigenvalue weighted by atomic mass is 35.5. The number of aryl methyl sites for hydroxylation is 1. The zero-order valence-electron chi connectivity index (χ0n) is 12.2. The number of para-hydroxylation sites is 1. The Labute approximate surface area is 132 Å². The molecule has 0 spiro atoms. The fourth-order valence-corrected chi connectivity index (χ4v) is 2.42. The van der Waals surface area contributed by atoms with Crippen LogP contribution < -0.4 is 4.74 Å². The van der Waals surface area contributed by atoms with E-state index in [4.69, 9.17) is 16.3 Å². The van der Waals surface area contributed by atoms with Crippen molar-refractivity contribution in [2.75, 3.05) is 0 Å². The van der Waals surface area contributed by atoms with Gasteiger partial charge in [0.05, 0.1) is 5.52 Å². The molecule has 0 saturated carbocycles. The number of halogens is 1. The molecule has 1 heterocycles. The van der Waals surface area contributed by atoms with Crippen LogP contribution in [0.15, 0.2) is 42.5 Å². The first kappa shape index (κ1) is 14.5. The van der Waals surface area contributed by atoms with E-state index in [2.05, 4.69) is 10.3 Å². The molecule has 0 aliphatic carbocycles. The van der Waals surface area contributed by atoms with Crippen molar-refractivity contribution in [2.24, 2.45) is 0 Å². The molecule has 0 aliphatic heterocycles. The van der Waals surface area contributed by atoms with Gasteiger partial charge in [0, 0.05) is 5.02 Å². The highest BCUT2D eigenvalue weighted by Gasteiger charge is 2.21. The van der Waals surface area contributed by atoms with Crippen LogP contribution in [0.4, 0.5) is 0 Å².